The zero-order chi connectivity index (χ0) is 22.9. The summed E-state index contributed by atoms with van der Waals surface area (Å²) in [6, 6.07) is 20.8. The van der Waals surface area contributed by atoms with E-state index in [1.807, 2.05) is 24.3 Å². The number of carbonyl (C=O) groups excluding carboxylic acids is 1. The van der Waals surface area contributed by atoms with Gasteiger partial charge in [-0.15, -0.1) is 0 Å². The molecule has 162 valence electrons. The van der Waals surface area contributed by atoms with Crippen LogP contribution in [0.5, 0.6) is 5.75 Å². The number of fused-ring (bicyclic) bond motifs is 2. The summed E-state index contributed by atoms with van der Waals surface area (Å²) in [7, 11) is 0. The summed E-state index contributed by atoms with van der Waals surface area (Å²) in [5.41, 5.74) is 9.45. The van der Waals surface area contributed by atoms with E-state index in [1.54, 1.807) is 48.5 Å². The van der Waals surface area contributed by atoms with Crippen LogP contribution in [0.25, 0.3) is 22.2 Å². The van der Waals surface area contributed by atoms with Gasteiger partial charge in [-0.2, -0.15) is 9.78 Å². The van der Waals surface area contributed by atoms with E-state index in [4.69, 9.17) is 17.3 Å². The number of phenols is 1. The van der Waals surface area contributed by atoms with Crippen LogP contribution in [0.1, 0.15) is 15.9 Å². The molecule has 2 aromatic heterocycles. The van der Waals surface area contributed by atoms with E-state index in [9.17, 15) is 9.90 Å². The lowest BCUT2D eigenvalue weighted by Crippen LogP contribution is -2.14. The molecule has 5 aromatic rings. The van der Waals surface area contributed by atoms with Crippen LogP contribution >= 0.6 is 11.6 Å². The number of carbonyl (C=O) groups is 1. The number of nitrogens with two attached hydrogens (primary N) is 1. The summed E-state index contributed by atoms with van der Waals surface area (Å²) in [5, 5.41) is 17.8. The molecule has 0 fully saturated rings. The van der Waals surface area contributed by atoms with Crippen molar-refractivity contribution in [1.82, 2.24) is 14.6 Å². The largest absolute Gasteiger partial charge is 0.507 e. The van der Waals surface area contributed by atoms with Crippen LogP contribution in [-0.4, -0.2) is 31.9 Å². The molecule has 0 unspecified atom stereocenters. The van der Waals surface area contributed by atoms with E-state index in [-0.39, 0.29) is 17.1 Å². The van der Waals surface area contributed by atoms with Gasteiger partial charge in [-0.25, -0.2) is 9.97 Å². The van der Waals surface area contributed by atoms with Crippen molar-refractivity contribution < 1.29 is 9.90 Å². The van der Waals surface area contributed by atoms with E-state index in [1.165, 1.54) is 10.9 Å². The Labute approximate surface area is 193 Å². The number of para-hydroxylation sites is 3. The number of nitrogens with zero attached hydrogens (tertiary/aromatic N) is 4. The highest BCUT2D eigenvalue weighted by Gasteiger charge is 2.24. The highest BCUT2D eigenvalue weighted by atomic mass is 35.5. The van der Waals surface area contributed by atoms with Gasteiger partial charge in [0.2, 0.25) is 0 Å². The van der Waals surface area contributed by atoms with Crippen molar-refractivity contribution in [1.29, 1.82) is 0 Å². The van der Waals surface area contributed by atoms with Gasteiger partial charge in [0.25, 0.3) is 5.91 Å². The number of benzene rings is 3. The minimum Gasteiger partial charge on any atom is -0.507 e. The highest BCUT2D eigenvalue weighted by molar-refractivity contribution is 6.30. The van der Waals surface area contributed by atoms with Crippen LogP contribution < -0.4 is 11.1 Å². The number of aromatic hydroxyl groups is 1. The SMILES string of the molecule is Nc1c(C(=O)Nc2ccc(Cl)cc2)c2nc3ccccc3nc2n1/N=C\c1ccccc1O. The van der Waals surface area contributed by atoms with E-state index >= 15 is 0 Å². The zero-order valence-electron chi connectivity index (χ0n) is 17.1. The minimum absolute atomic E-state index is 0.0634. The van der Waals surface area contributed by atoms with Gasteiger partial charge < -0.3 is 16.2 Å². The molecule has 9 heteroatoms. The average Bonchev–Trinajstić information content (AvgIpc) is 3.08. The van der Waals surface area contributed by atoms with Crippen molar-refractivity contribution in [2.75, 3.05) is 11.1 Å². The molecule has 0 saturated heterocycles. The maximum atomic E-state index is 13.2. The molecule has 4 N–H and O–H groups in total. The maximum Gasteiger partial charge on any atom is 0.261 e. The number of halogens is 1. The Hall–Kier alpha value is -4.43. The maximum absolute atomic E-state index is 13.2. The number of nitrogen functional groups attached to an aromatic ring is 1. The second-order valence-electron chi connectivity index (χ2n) is 7.22. The Kier molecular flexibility index (Phi) is 5.12. The molecule has 0 saturated carbocycles. The van der Waals surface area contributed by atoms with E-state index < -0.39 is 5.91 Å². The smallest absolute Gasteiger partial charge is 0.261 e. The lowest BCUT2D eigenvalue weighted by molar-refractivity contribution is 0.102. The third kappa shape index (κ3) is 3.83. The molecular formula is C24H17ClN6O2. The van der Waals surface area contributed by atoms with Gasteiger partial charge in [0.1, 0.15) is 22.6 Å². The third-order valence-electron chi connectivity index (χ3n) is 5.05. The molecule has 33 heavy (non-hydrogen) atoms. The van der Waals surface area contributed by atoms with Crippen molar-refractivity contribution >= 4 is 57.4 Å². The molecule has 1 amide bonds. The minimum atomic E-state index is -0.457. The second kappa shape index (κ2) is 8.25. The molecule has 8 nitrogen and oxygen atoms in total. The number of hydrogen-bond acceptors (Lipinski definition) is 6. The molecule has 2 heterocycles. The van der Waals surface area contributed by atoms with Gasteiger partial charge >= 0.3 is 0 Å². The Morgan fingerprint density at radius 1 is 1.00 bits per heavy atom. The first-order valence-electron chi connectivity index (χ1n) is 9.97. The van der Waals surface area contributed by atoms with Crippen LogP contribution in [-0.2, 0) is 0 Å². The van der Waals surface area contributed by atoms with Crippen molar-refractivity contribution in [2.24, 2.45) is 5.10 Å². The number of amides is 1. The summed E-state index contributed by atoms with van der Waals surface area (Å²) in [4.78, 5) is 22.5. The molecule has 0 aliphatic heterocycles. The molecule has 0 atom stereocenters. The first-order chi connectivity index (χ1) is 16.0. The Morgan fingerprint density at radius 2 is 1.67 bits per heavy atom. The predicted molar refractivity (Wildman–Crippen MR) is 130 cm³/mol. The Bertz CT molecular complexity index is 1540. The topological polar surface area (TPSA) is 118 Å². The van der Waals surface area contributed by atoms with Crippen LogP contribution in [0, 0.1) is 0 Å². The van der Waals surface area contributed by atoms with Crippen molar-refractivity contribution in [2.45, 2.75) is 0 Å². The Morgan fingerprint density at radius 3 is 2.39 bits per heavy atom. The summed E-state index contributed by atoms with van der Waals surface area (Å²) in [6.45, 7) is 0. The number of anilines is 2. The molecule has 5 rings (SSSR count). The summed E-state index contributed by atoms with van der Waals surface area (Å²) in [5.74, 6) is -0.326. The molecule has 0 spiro atoms. The van der Waals surface area contributed by atoms with E-state index in [2.05, 4.69) is 20.4 Å². The van der Waals surface area contributed by atoms with Crippen LogP contribution in [0.4, 0.5) is 11.5 Å². The average molecular weight is 457 g/mol. The Balaban J connectivity index is 1.67. The van der Waals surface area contributed by atoms with E-state index in [0.29, 0.717) is 38.5 Å². The highest BCUT2D eigenvalue weighted by Crippen LogP contribution is 2.29. The number of phenolic OH excluding ortho intramolecular Hbond substituents is 1. The molecule has 0 radical (unpaired) electrons. The van der Waals surface area contributed by atoms with Crippen LogP contribution in [0.3, 0.4) is 0 Å². The predicted octanol–water partition coefficient (Wildman–Crippen LogP) is 4.66. The number of rotatable bonds is 4. The van der Waals surface area contributed by atoms with Crippen molar-refractivity contribution in [3.63, 3.8) is 0 Å². The first-order valence-corrected chi connectivity index (χ1v) is 10.3. The lowest BCUT2D eigenvalue weighted by atomic mass is 10.2. The quantitative estimate of drug-likeness (QED) is 0.340. The normalized spacial score (nSPS) is 11.4. The zero-order valence-corrected chi connectivity index (χ0v) is 17.9. The number of hydrogen-bond donors (Lipinski definition) is 3. The van der Waals surface area contributed by atoms with Gasteiger partial charge in [0, 0.05) is 16.3 Å². The molecular weight excluding hydrogens is 440 g/mol. The van der Waals surface area contributed by atoms with Gasteiger partial charge in [0.05, 0.1) is 17.2 Å². The third-order valence-corrected chi connectivity index (χ3v) is 5.30. The summed E-state index contributed by atoms with van der Waals surface area (Å²) >= 11 is 5.94. The standard InChI is InChI=1S/C24H17ClN6O2/c25-15-9-11-16(12-10-15)28-24(33)20-21-23(30-18-7-3-2-6-17(18)29-21)31(22(20)26)27-13-14-5-1-4-8-19(14)32/h1-13,32H,26H2,(H,28,33)/b27-13-. The van der Waals surface area contributed by atoms with E-state index in [0.717, 1.165) is 0 Å². The van der Waals surface area contributed by atoms with Gasteiger partial charge in [-0.3, -0.25) is 4.79 Å². The first kappa shape index (κ1) is 20.5. The van der Waals surface area contributed by atoms with Crippen LogP contribution in [0.2, 0.25) is 5.02 Å². The van der Waals surface area contributed by atoms with Gasteiger partial charge in [-0.1, -0.05) is 35.9 Å². The second-order valence-corrected chi connectivity index (χ2v) is 7.66. The number of nitrogens with one attached hydrogen (secondary N) is 1. The molecule has 3 aromatic carbocycles. The van der Waals surface area contributed by atoms with Crippen molar-refractivity contribution in [3.05, 3.63) is 88.9 Å². The summed E-state index contributed by atoms with van der Waals surface area (Å²) < 4.78 is 1.35. The fourth-order valence-corrected chi connectivity index (χ4v) is 3.56. The molecule has 0 bridgehead atoms. The van der Waals surface area contributed by atoms with Crippen LogP contribution in [0.15, 0.2) is 77.9 Å². The monoisotopic (exact) mass is 456 g/mol. The number of aromatic nitrogens is 3. The van der Waals surface area contributed by atoms with Gasteiger partial charge in [-0.05, 0) is 48.5 Å². The molecule has 0 aliphatic rings. The lowest BCUT2D eigenvalue weighted by Gasteiger charge is -2.05. The summed E-state index contributed by atoms with van der Waals surface area (Å²) in [6.07, 6.45) is 1.45. The fourth-order valence-electron chi connectivity index (χ4n) is 3.43. The fraction of sp³-hybridized carbons (Fsp3) is 0. The van der Waals surface area contributed by atoms with Gasteiger partial charge in [0.15, 0.2) is 5.65 Å². The molecule has 0 aliphatic carbocycles. The van der Waals surface area contributed by atoms with Crippen molar-refractivity contribution in [3.8, 4) is 5.75 Å².